The van der Waals surface area contributed by atoms with Gasteiger partial charge in [-0.25, -0.2) is 0 Å². The molecule has 2 heterocycles. The zero-order chi connectivity index (χ0) is 15.0. The zero-order valence-electron chi connectivity index (χ0n) is 13.1. The molecule has 0 bridgehead atoms. The SMILES string of the molecule is CC(C)c1c(C2(C)CCCN2)cc(Cl)c2c1OCCCO2. The molecular weight excluding hydrogens is 286 g/mol. The van der Waals surface area contributed by atoms with E-state index in [9.17, 15) is 0 Å². The number of nitrogens with one attached hydrogen (secondary N) is 1. The van der Waals surface area contributed by atoms with Gasteiger partial charge < -0.3 is 14.8 Å². The number of rotatable bonds is 2. The minimum atomic E-state index is -0.0199. The first-order valence-electron chi connectivity index (χ1n) is 7.90. The molecule has 1 N–H and O–H groups in total. The Balaban J connectivity index is 2.20. The van der Waals surface area contributed by atoms with Crippen molar-refractivity contribution in [2.75, 3.05) is 19.8 Å². The third kappa shape index (κ3) is 2.62. The molecule has 1 unspecified atom stereocenters. The molecule has 2 aliphatic heterocycles. The molecule has 1 saturated heterocycles. The van der Waals surface area contributed by atoms with E-state index < -0.39 is 0 Å². The van der Waals surface area contributed by atoms with Crippen molar-refractivity contribution >= 4 is 11.6 Å². The fourth-order valence-corrected chi connectivity index (χ4v) is 3.71. The molecule has 0 aromatic heterocycles. The van der Waals surface area contributed by atoms with Crippen LogP contribution in [0.15, 0.2) is 6.07 Å². The van der Waals surface area contributed by atoms with Crippen LogP contribution in [0.5, 0.6) is 11.5 Å². The maximum Gasteiger partial charge on any atom is 0.180 e. The van der Waals surface area contributed by atoms with Crippen molar-refractivity contribution in [2.45, 2.75) is 51.5 Å². The van der Waals surface area contributed by atoms with E-state index in [2.05, 4.69) is 32.2 Å². The smallest absolute Gasteiger partial charge is 0.180 e. The highest BCUT2D eigenvalue weighted by Gasteiger charge is 2.36. The van der Waals surface area contributed by atoms with Crippen molar-refractivity contribution in [1.82, 2.24) is 5.32 Å². The number of ether oxygens (including phenoxy) is 2. The van der Waals surface area contributed by atoms with Crippen molar-refractivity contribution in [1.29, 1.82) is 0 Å². The van der Waals surface area contributed by atoms with E-state index >= 15 is 0 Å². The molecular formula is C17H24ClNO2. The topological polar surface area (TPSA) is 30.5 Å². The average Bonchev–Trinajstić information content (AvgIpc) is 2.73. The van der Waals surface area contributed by atoms with Crippen LogP contribution in [0.25, 0.3) is 0 Å². The lowest BCUT2D eigenvalue weighted by molar-refractivity contribution is 0.295. The lowest BCUT2D eigenvalue weighted by Gasteiger charge is -2.31. The van der Waals surface area contributed by atoms with Gasteiger partial charge in [0.1, 0.15) is 0 Å². The fourth-order valence-electron chi connectivity index (χ4n) is 3.46. The Morgan fingerprint density at radius 2 is 1.90 bits per heavy atom. The Morgan fingerprint density at radius 3 is 2.52 bits per heavy atom. The lowest BCUT2D eigenvalue weighted by atomic mass is 9.82. The van der Waals surface area contributed by atoms with E-state index in [4.69, 9.17) is 21.1 Å². The van der Waals surface area contributed by atoms with Gasteiger partial charge in [0.05, 0.1) is 18.2 Å². The Morgan fingerprint density at radius 1 is 1.19 bits per heavy atom. The largest absolute Gasteiger partial charge is 0.489 e. The van der Waals surface area contributed by atoms with E-state index in [1.165, 1.54) is 17.5 Å². The molecule has 1 aromatic rings. The van der Waals surface area contributed by atoms with E-state index in [0.29, 0.717) is 24.2 Å². The Labute approximate surface area is 132 Å². The summed E-state index contributed by atoms with van der Waals surface area (Å²) in [5.41, 5.74) is 2.49. The molecule has 0 saturated carbocycles. The molecule has 1 atom stereocenters. The van der Waals surface area contributed by atoms with Crippen molar-refractivity contribution in [2.24, 2.45) is 0 Å². The quantitative estimate of drug-likeness (QED) is 0.887. The summed E-state index contributed by atoms with van der Waals surface area (Å²) in [7, 11) is 0. The van der Waals surface area contributed by atoms with Gasteiger partial charge in [-0.2, -0.15) is 0 Å². The van der Waals surface area contributed by atoms with Crippen molar-refractivity contribution in [3.05, 3.63) is 22.2 Å². The van der Waals surface area contributed by atoms with Gasteiger partial charge in [-0.1, -0.05) is 25.4 Å². The molecule has 21 heavy (non-hydrogen) atoms. The molecule has 0 amide bonds. The maximum atomic E-state index is 6.50. The summed E-state index contributed by atoms with van der Waals surface area (Å²) in [4.78, 5) is 0. The first-order chi connectivity index (χ1) is 10.0. The van der Waals surface area contributed by atoms with Crippen LogP contribution in [0.3, 0.4) is 0 Å². The summed E-state index contributed by atoms with van der Waals surface area (Å²) in [6.07, 6.45) is 3.22. The van der Waals surface area contributed by atoms with Gasteiger partial charge in [0.25, 0.3) is 0 Å². The number of hydrogen-bond donors (Lipinski definition) is 1. The summed E-state index contributed by atoms with van der Waals surface area (Å²) in [6.45, 7) is 9.09. The average molecular weight is 310 g/mol. The van der Waals surface area contributed by atoms with Crippen LogP contribution in [-0.4, -0.2) is 19.8 Å². The summed E-state index contributed by atoms with van der Waals surface area (Å²) in [6, 6.07) is 2.09. The monoisotopic (exact) mass is 309 g/mol. The van der Waals surface area contributed by atoms with E-state index in [1.54, 1.807) is 0 Å². The van der Waals surface area contributed by atoms with E-state index in [0.717, 1.165) is 30.9 Å². The molecule has 1 fully saturated rings. The van der Waals surface area contributed by atoms with Gasteiger partial charge in [-0.3, -0.25) is 0 Å². The molecule has 116 valence electrons. The van der Waals surface area contributed by atoms with Crippen LogP contribution in [0.1, 0.15) is 57.1 Å². The molecule has 3 nitrogen and oxygen atoms in total. The molecule has 4 heteroatoms. The highest BCUT2D eigenvalue weighted by Crippen LogP contribution is 2.48. The zero-order valence-corrected chi connectivity index (χ0v) is 13.8. The molecule has 1 aromatic carbocycles. The van der Waals surface area contributed by atoms with Gasteiger partial charge >= 0.3 is 0 Å². The van der Waals surface area contributed by atoms with Crippen LogP contribution < -0.4 is 14.8 Å². The van der Waals surface area contributed by atoms with Gasteiger partial charge in [-0.15, -0.1) is 0 Å². The summed E-state index contributed by atoms with van der Waals surface area (Å²) < 4.78 is 11.9. The molecule has 2 aliphatic rings. The first-order valence-corrected chi connectivity index (χ1v) is 8.28. The predicted octanol–water partition coefficient (Wildman–Crippen LogP) is 4.22. The van der Waals surface area contributed by atoms with Gasteiger partial charge in [0.2, 0.25) is 0 Å². The van der Waals surface area contributed by atoms with Crippen molar-refractivity contribution < 1.29 is 9.47 Å². The van der Waals surface area contributed by atoms with Crippen LogP contribution in [0.4, 0.5) is 0 Å². The van der Waals surface area contributed by atoms with Crippen LogP contribution in [0, 0.1) is 0 Å². The molecule has 0 spiro atoms. The molecule has 3 rings (SSSR count). The predicted molar refractivity (Wildman–Crippen MR) is 85.7 cm³/mol. The standard InChI is InChI=1S/C17H24ClNO2/c1-11(2)14-12(17(3)6-4-7-19-17)10-13(18)15-16(14)21-9-5-8-20-15/h10-11,19H,4-9H2,1-3H3. The Hall–Kier alpha value is -0.930. The van der Waals surface area contributed by atoms with E-state index in [-0.39, 0.29) is 5.54 Å². The van der Waals surface area contributed by atoms with Crippen LogP contribution in [0.2, 0.25) is 5.02 Å². The Bertz CT molecular complexity index is 536. The fraction of sp³-hybridized carbons (Fsp3) is 0.647. The highest BCUT2D eigenvalue weighted by molar-refractivity contribution is 6.32. The normalized spacial score (nSPS) is 25.2. The second kappa shape index (κ2) is 5.69. The second-order valence-electron chi connectivity index (χ2n) is 6.55. The second-order valence-corrected chi connectivity index (χ2v) is 6.95. The summed E-state index contributed by atoms with van der Waals surface area (Å²) in [5, 5.41) is 4.31. The van der Waals surface area contributed by atoms with Crippen molar-refractivity contribution in [3.63, 3.8) is 0 Å². The summed E-state index contributed by atoms with van der Waals surface area (Å²) >= 11 is 6.50. The van der Waals surface area contributed by atoms with Gasteiger partial charge in [0, 0.05) is 17.5 Å². The van der Waals surface area contributed by atoms with Crippen LogP contribution in [-0.2, 0) is 5.54 Å². The lowest BCUT2D eigenvalue weighted by Crippen LogP contribution is -2.34. The maximum absolute atomic E-state index is 6.50. The molecule has 0 aliphatic carbocycles. The van der Waals surface area contributed by atoms with Gasteiger partial charge in [-0.05, 0) is 43.9 Å². The first kappa shape index (κ1) is 15.0. The number of benzene rings is 1. The van der Waals surface area contributed by atoms with Crippen LogP contribution >= 0.6 is 11.6 Å². The molecule has 0 radical (unpaired) electrons. The van der Waals surface area contributed by atoms with Crippen molar-refractivity contribution in [3.8, 4) is 11.5 Å². The van der Waals surface area contributed by atoms with E-state index in [1.807, 2.05) is 0 Å². The highest BCUT2D eigenvalue weighted by atomic mass is 35.5. The Kier molecular flexibility index (Phi) is 4.06. The number of fused-ring (bicyclic) bond motifs is 1. The number of halogens is 1. The third-order valence-corrected chi connectivity index (χ3v) is 4.83. The summed E-state index contributed by atoms with van der Waals surface area (Å²) in [5.74, 6) is 1.95. The van der Waals surface area contributed by atoms with Gasteiger partial charge in [0.15, 0.2) is 11.5 Å². The number of hydrogen-bond acceptors (Lipinski definition) is 3. The minimum Gasteiger partial charge on any atom is -0.489 e. The third-order valence-electron chi connectivity index (χ3n) is 4.55. The minimum absolute atomic E-state index is 0.0199.